The topological polar surface area (TPSA) is 157 Å². The largest absolute Gasteiger partial charge is 0.504 e. The molecule has 0 aromatic heterocycles. The molecule has 7 atom stereocenters. The first-order valence-corrected chi connectivity index (χ1v) is 11.0. The standard InChI is InChI=1S/C24H32O11/c1-30-15-6-4-5-7-16(15)34-18(11-25)23(13-8-9-14(26)17(10-13)31-2)33-12-19-20(27)21(28)22(29)24(32-3)35-19/h4-10,18-29H,11-12H2,1-3H3/t18-,19-,20+,21+,22-,23-,24+/m1/s1. The first kappa shape index (κ1) is 27.0. The molecule has 0 amide bonds. The molecule has 2 aromatic rings. The SMILES string of the molecule is COc1cc([C@@H](OC[C@H]2O[C@H](OC)[C@H](O)[C@@H](O)[C@H]2O)[C@@H](CO)Oc2ccccc2OC)ccc1O. The van der Waals surface area contributed by atoms with Gasteiger partial charge in [-0.2, -0.15) is 0 Å². The van der Waals surface area contributed by atoms with Crippen molar-refractivity contribution < 1.29 is 54.0 Å². The monoisotopic (exact) mass is 496 g/mol. The molecule has 0 aliphatic carbocycles. The average molecular weight is 497 g/mol. The maximum atomic E-state index is 10.4. The van der Waals surface area contributed by atoms with E-state index >= 15 is 0 Å². The molecule has 3 rings (SSSR count). The third kappa shape index (κ3) is 6.14. The Morgan fingerprint density at radius 3 is 2.20 bits per heavy atom. The number of aliphatic hydroxyl groups excluding tert-OH is 4. The minimum Gasteiger partial charge on any atom is -0.504 e. The van der Waals surface area contributed by atoms with Gasteiger partial charge in [0.25, 0.3) is 0 Å². The fourth-order valence-electron chi connectivity index (χ4n) is 3.81. The third-order valence-electron chi connectivity index (χ3n) is 5.74. The fourth-order valence-corrected chi connectivity index (χ4v) is 3.81. The first-order chi connectivity index (χ1) is 16.8. The van der Waals surface area contributed by atoms with E-state index in [0.29, 0.717) is 17.1 Å². The summed E-state index contributed by atoms with van der Waals surface area (Å²) in [6, 6.07) is 11.4. The van der Waals surface area contributed by atoms with Gasteiger partial charge in [-0.15, -0.1) is 0 Å². The lowest BCUT2D eigenvalue weighted by molar-refractivity contribution is -0.299. The van der Waals surface area contributed by atoms with Crippen LogP contribution >= 0.6 is 0 Å². The van der Waals surface area contributed by atoms with E-state index in [2.05, 4.69) is 0 Å². The van der Waals surface area contributed by atoms with Gasteiger partial charge in [0.15, 0.2) is 35.4 Å². The second-order valence-electron chi connectivity index (χ2n) is 7.93. The van der Waals surface area contributed by atoms with Gasteiger partial charge >= 0.3 is 0 Å². The molecule has 0 saturated carbocycles. The predicted molar refractivity (Wildman–Crippen MR) is 122 cm³/mol. The van der Waals surface area contributed by atoms with Gasteiger partial charge in [-0.1, -0.05) is 18.2 Å². The Morgan fingerprint density at radius 2 is 1.57 bits per heavy atom. The van der Waals surface area contributed by atoms with E-state index in [0.717, 1.165) is 0 Å². The summed E-state index contributed by atoms with van der Waals surface area (Å²) in [5, 5.41) is 50.8. The van der Waals surface area contributed by atoms with Crippen LogP contribution < -0.4 is 14.2 Å². The Balaban J connectivity index is 1.89. The number of para-hydroxylation sites is 2. The Labute approximate surface area is 203 Å². The fraction of sp³-hybridized carbons (Fsp3) is 0.500. The number of phenols is 1. The number of methoxy groups -OCH3 is 3. The molecule has 1 heterocycles. The lowest BCUT2D eigenvalue weighted by Gasteiger charge is -2.40. The molecule has 1 aliphatic heterocycles. The van der Waals surface area contributed by atoms with Crippen LogP contribution in [0.5, 0.6) is 23.0 Å². The van der Waals surface area contributed by atoms with Crippen LogP contribution in [0.4, 0.5) is 0 Å². The zero-order chi connectivity index (χ0) is 25.5. The summed E-state index contributed by atoms with van der Waals surface area (Å²) < 4.78 is 33.2. The molecule has 11 heteroatoms. The highest BCUT2D eigenvalue weighted by Crippen LogP contribution is 2.35. The van der Waals surface area contributed by atoms with Crippen LogP contribution in [-0.4, -0.2) is 96.9 Å². The van der Waals surface area contributed by atoms with Crippen molar-refractivity contribution in [2.45, 2.75) is 42.9 Å². The van der Waals surface area contributed by atoms with Crippen LogP contribution in [0.3, 0.4) is 0 Å². The molecule has 5 N–H and O–H groups in total. The maximum Gasteiger partial charge on any atom is 0.186 e. The molecule has 2 aromatic carbocycles. The third-order valence-corrected chi connectivity index (χ3v) is 5.74. The summed E-state index contributed by atoms with van der Waals surface area (Å²) in [6.45, 7) is -0.730. The van der Waals surface area contributed by atoms with Gasteiger partial charge in [0.1, 0.15) is 30.5 Å². The number of hydrogen-bond acceptors (Lipinski definition) is 11. The predicted octanol–water partition coefficient (Wildman–Crippen LogP) is 0.361. The van der Waals surface area contributed by atoms with Crippen LogP contribution in [0, 0.1) is 0 Å². The first-order valence-electron chi connectivity index (χ1n) is 11.0. The summed E-state index contributed by atoms with van der Waals surface area (Å²) in [5.41, 5.74) is 0.489. The van der Waals surface area contributed by atoms with Crippen molar-refractivity contribution in [3.63, 3.8) is 0 Å². The van der Waals surface area contributed by atoms with Crippen LogP contribution in [-0.2, 0) is 14.2 Å². The van der Waals surface area contributed by atoms with Gasteiger partial charge in [-0.3, -0.25) is 0 Å². The van der Waals surface area contributed by atoms with Gasteiger partial charge in [-0.25, -0.2) is 0 Å². The van der Waals surface area contributed by atoms with Crippen molar-refractivity contribution in [1.29, 1.82) is 0 Å². The van der Waals surface area contributed by atoms with Gasteiger partial charge < -0.3 is 54.0 Å². The highest BCUT2D eigenvalue weighted by molar-refractivity contribution is 5.43. The zero-order valence-corrected chi connectivity index (χ0v) is 19.7. The molecule has 0 bridgehead atoms. The van der Waals surface area contributed by atoms with Crippen molar-refractivity contribution in [1.82, 2.24) is 0 Å². The van der Waals surface area contributed by atoms with Crippen LogP contribution in [0.2, 0.25) is 0 Å². The molecule has 0 spiro atoms. The minimum absolute atomic E-state index is 0.0905. The van der Waals surface area contributed by atoms with Crippen molar-refractivity contribution in [2.24, 2.45) is 0 Å². The lowest BCUT2D eigenvalue weighted by atomic mass is 9.99. The van der Waals surface area contributed by atoms with E-state index in [1.165, 1.54) is 33.5 Å². The number of hydrogen-bond donors (Lipinski definition) is 5. The minimum atomic E-state index is -1.52. The second-order valence-corrected chi connectivity index (χ2v) is 7.93. The van der Waals surface area contributed by atoms with Crippen molar-refractivity contribution >= 4 is 0 Å². The summed E-state index contributed by atoms with van der Waals surface area (Å²) in [6.07, 6.45) is -8.57. The van der Waals surface area contributed by atoms with Gasteiger partial charge in [0.05, 0.1) is 27.4 Å². The van der Waals surface area contributed by atoms with Crippen LogP contribution in [0.1, 0.15) is 11.7 Å². The molecule has 0 unspecified atom stereocenters. The number of ether oxygens (including phenoxy) is 6. The average Bonchev–Trinajstić information content (AvgIpc) is 2.88. The Bertz CT molecular complexity index is 937. The van der Waals surface area contributed by atoms with E-state index < -0.39 is 49.5 Å². The van der Waals surface area contributed by atoms with E-state index in [1.807, 2.05) is 0 Å². The normalized spacial score (nSPS) is 26.1. The summed E-state index contributed by atoms with van der Waals surface area (Å²) in [5.74, 6) is 0.892. The highest BCUT2D eigenvalue weighted by atomic mass is 16.7. The van der Waals surface area contributed by atoms with Crippen molar-refractivity contribution in [3.8, 4) is 23.0 Å². The van der Waals surface area contributed by atoms with Crippen molar-refractivity contribution in [3.05, 3.63) is 48.0 Å². The number of aromatic hydroxyl groups is 1. The summed E-state index contributed by atoms with van der Waals surface area (Å²) in [4.78, 5) is 0. The Hall–Kier alpha value is -2.64. The maximum absolute atomic E-state index is 10.4. The van der Waals surface area contributed by atoms with E-state index in [4.69, 9.17) is 28.4 Å². The van der Waals surface area contributed by atoms with Gasteiger partial charge in [0, 0.05) is 7.11 Å². The molecule has 11 nitrogen and oxygen atoms in total. The lowest BCUT2D eigenvalue weighted by Crippen LogP contribution is -2.59. The van der Waals surface area contributed by atoms with Crippen LogP contribution in [0.25, 0.3) is 0 Å². The van der Waals surface area contributed by atoms with Crippen LogP contribution in [0.15, 0.2) is 42.5 Å². The van der Waals surface area contributed by atoms with Crippen molar-refractivity contribution in [2.75, 3.05) is 34.5 Å². The highest BCUT2D eigenvalue weighted by Gasteiger charge is 2.44. The van der Waals surface area contributed by atoms with E-state index in [9.17, 15) is 25.5 Å². The molecule has 1 aliphatic rings. The van der Waals surface area contributed by atoms with Gasteiger partial charge in [-0.05, 0) is 29.8 Å². The molecular weight excluding hydrogens is 464 g/mol. The van der Waals surface area contributed by atoms with E-state index in [1.54, 1.807) is 30.3 Å². The number of rotatable bonds is 11. The number of benzene rings is 2. The molecule has 194 valence electrons. The Morgan fingerprint density at radius 1 is 0.886 bits per heavy atom. The molecule has 35 heavy (non-hydrogen) atoms. The molecule has 1 saturated heterocycles. The number of aliphatic hydroxyl groups is 4. The molecule has 1 fully saturated rings. The number of phenolic OH excluding ortho intramolecular Hbond substituents is 1. The zero-order valence-electron chi connectivity index (χ0n) is 19.7. The summed E-state index contributed by atoms with van der Waals surface area (Å²) in [7, 11) is 4.18. The molecule has 0 radical (unpaired) electrons. The second kappa shape index (κ2) is 12.4. The van der Waals surface area contributed by atoms with Gasteiger partial charge in [0.2, 0.25) is 0 Å². The quantitative estimate of drug-likeness (QED) is 0.293. The Kier molecular flexibility index (Phi) is 9.52. The smallest absolute Gasteiger partial charge is 0.186 e. The molecular formula is C24H32O11. The van der Waals surface area contributed by atoms with E-state index in [-0.39, 0.29) is 18.1 Å². The summed E-state index contributed by atoms with van der Waals surface area (Å²) >= 11 is 0.